The lowest BCUT2D eigenvalue weighted by Crippen LogP contribution is -2.41. The lowest BCUT2D eigenvalue weighted by Gasteiger charge is -2.25. The van der Waals surface area contributed by atoms with E-state index in [-0.39, 0.29) is 24.3 Å². The van der Waals surface area contributed by atoms with Crippen LogP contribution in [0, 0.1) is 13.8 Å². The summed E-state index contributed by atoms with van der Waals surface area (Å²) in [5.41, 5.74) is 2.51. The largest absolute Gasteiger partial charge is 0.497 e. The number of rotatable bonds is 9. The Kier molecular flexibility index (Phi) is 7.92. The van der Waals surface area contributed by atoms with Gasteiger partial charge in [-0.1, -0.05) is 6.07 Å². The number of ether oxygens (including phenoxy) is 3. The van der Waals surface area contributed by atoms with Crippen LogP contribution in [0.25, 0.3) is 0 Å². The first-order valence-corrected chi connectivity index (χ1v) is 11.2. The number of amides is 1. The molecule has 8 nitrogen and oxygen atoms in total. The van der Waals surface area contributed by atoms with E-state index in [1.54, 1.807) is 42.9 Å². The molecule has 178 valence electrons. The molecule has 0 unspecified atom stereocenters. The molecule has 1 fully saturated rings. The molecule has 1 aromatic carbocycles. The fourth-order valence-electron chi connectivity index (χ4n) is 4.51. The van der Waals surface area contributed by atoms with Crippen molar-refractivity contribution in [1.82, 2.24) is 9.47 Å². The maximum Gasteiger partial charge on any atom is 0.354 e. The predicted octanol–water partition coefficient (Wildman–Crippen LogP) is 3.42. The van der Waals surface area contributed by atoms with Gasteiger partial charge in [-0.2, -0.15) is 0 Å². The lowest BCUT2D eigenvalue weighted by atomic mass is 10.0. The van der Waals surface area contributed by atoms with Gasteiger partial charge in [-0.05, 0) is 57.4 Å². The summed E-state index contributed by atoms with van der Waals surface area (Å²) in [5, 5.41) is 0. The number of ketones is 1. The molecule has 1 aromatic heterocycles. The van der Waals surface area contributed by atoms with Crippen molar-refractivity contribution < 1.29 is 28.6 Å². The Morgan fingerprint density at radius 2 is 1.97 bits per heavy atom. The summed E-state index contributed by atoms with van der Waals surface area (Å²) in [7, 11) is 2.86. The van der Waals surface area contributed by atoms with E-state index >= 15 is 0 Å². The zero-order valence-corrected chi connectivity index (χ0v) is 20.0. The number of hydrogen-bond donors (Lipinski definition) is 0. The van der Waals surface area contributed by atoms with Gasteiger partial charge >= 0.3 is 5.97 Å². The van der Waals surface area contributed by atoms with E-state index in [2.05, 4.69) is 0 Å². The van der Waals surface area contributed by atoms with Crippen LogP contribution in [-0.2, 0) is 16.0 Å². The molecule has 0 N–H and O–H groups in total. The van der Waals surface area contributed by atoms with Gasteiger partial charge in [0.1, 0.15) is 11.4 Å². The third kappa shape index (κ3) is 5.11. The Balaban J connectivity index is 1.94. The number of esters is 1. The Labute approximate surface area is 194 Å². The van der Waals surface area contributed by atoms with Crippen molar-refractivity contribution >= 4 is 17.7 Å². The normalized spacial score (nSPS) is 15.4. The van der Waals surface area contributed by atoms with Gasteiger partial charge in [0.05, 0.1) is 26.9 Å². The number of carbonyl (C=O) groups excluding carboxylic acids is 3. The highest BCUT2D eigenvalue weighted by molar-refractivity contribution is 6.06. The van der Waals surface area contributed by atoms with Crippen molar-refractivity contribution in [2.75, 3.05) is 33.9 Å². The van der Waals surface area contributed by atoms with Crippen LogP contribution in [0.2, 0.25) is 0 Å². The third-order valence-corrected chi connectivity index (χ3v) is 6.13. The molecule has 1 aliphatic rings. The van der Waals surface area contributed by atoms with Crippen LogP contribution >= 0.6 is 0 Å². The van der Waals surface area contributed by atoms with Gasteiger partial charge in [0.25, 0.3) is 5.91 Å². The van der Waals surface area contributed by atoms with E-state index in [1.807, 2.05) is 13.8 Å². The predicted molar refractivity (Wildman–Crippen MR) is 123 cm³/mol. The molecule has 1 saturated heterocycles. The summed E-state index contributed by atoms with van der Waals surface area (Å²) in [6, 6.07) is 6.88. The van der Waals surface area contributed by atoms with E-state index in [0.29, 0.717) is 53.5 Å². The van der Waals surface area contributed by atoms with Crippen molar-refractivity contribution in [3.05, 3.63) is 52.3 Å². The summed E-state index contributed by atoms with van der Waals surface area (Å²) in [5.74, 6) is -0.411. The van der Waals surface area contributed by atoms with Gasteiger partial charge in [0.15, 0.2) is 5.78 Å². The minimum absolute atomic E-state index is 0.111. The first kappa shape index (κ1) is 24.5. The molecule has 0 spiro atoms. The van der Waals surface area contributed by atoms with Crippen molar-refractivity contribution in [1.29, 1.82) is 0 Å². The van der Waals surface area contributed by atoms with E-state index in [9.17, 15) is 14.4 Å². The monoisotopic (exact) mass is 456 g/mol. The molecule has 0 bridgehead atoms. The molecule has 2 aromatic rings. The van der Waals surface area contributed by atoms with Crippen LogP contribution in [-0.4, -0.2) is 67.1 Å². The molecule has 1 aliphatic heterocycles. The quantitative estimate of drug-likeness (QED) is 0.424. The third-order valence-electron chi connectivity index (χ3n) is 6.13. The molecular weight excluding hydrogens is 424 g/mol. The molecule has 33 heavy (non-hydrogen) atoms. The molecule has 2 heterocycles. The van der Waals surface area contributed by atoms with Gasteiger partial charge in [-0.15, -0.1) is 0 Å². The standard InChI is InChI=1S/C25H32N2O6/c1-6-27-17(3)22(16(2)23(27)25(30)32-5)21(28)15-26(14-20-11-8-12-33-20)24(29)18-9-7-10-19(13-18)31-4/h7,9-10,13,20H,6,8,11-12,14-15H2,1-5H3/t20-/m1/s1. The molecule has 1 amide bonds. The smallest absolute Gasteiger partial charge is 0.354 e. The molecule has 0 aliphatic carbocycles. The SMILES string of the molecule is CCn1c(C)c(C(=O)CN(C[C@H]2CCCO2)C(=O)c2cccc(OC)c2)c(C)c1C(=O)OC. The second-order valence-electron chi connectivity index (χ2n) is 8.15. The number of hydrogen-bond acceptors (Lipinski definition) is 6. The van der Waals surface area contributed by atoms with E-state index in [4.69, 9.17) is 14.2 Å². The fourth-order valence-corrected chi connectivity index (χ4v) is 4.51. The number of methoxy groups -OCH3 is 2. The van der Waals surface area contributed by atoms with Crippen LogP contribution in [0.5, 0.6) is 5.75 Å². The molecule has 3 rings (SSSR count). The average molecular weight is 457 g/mol. The Morgan fingerprint density at radius 1 is 1.21 bits per heavy atom. The van der Waals surface area contributed by atoms with Gasteiger partial charge in [-0.25, -0.2) is 4.79 Å². The van der Waals surface area contributed by atoms with E-state index in [0.717, 1.165) is 12.8 Å². The van der Waals surface area contributed by atoms with Crippen molar-refractivity contribution in [2.45, 2.75) is 46.3 Å². The van der Waals surface area contributed by atoms with E-state index < -0.39 is 5.97 Å². The van der Waals surface area contributed by atoms with Crippen LogP contribution in [0.3, 0.4) is 0 Å². The number of Topliss-reactive ketones (excluding diaryl/α,β-unsaturated/α-hetero) is 1. The summed E-state index contributed by atoms with van der Waals surface area (Å²) in [6.07, 6.45) is 1.66. The van der Waals surface area contributed by atoms with Crippen LogP contribution in [0.4, 0.5) is 0 Å². The van der Waals surface area contributed by atoms with Crippen LogP contribution in [0.1, 0.15) is 62.2 Å². The molecular formula is C25H32N2O6. The summed E-state index contributed by atoms with van der Waals surface area (Å²) in [4.78, 5) is 40.8. The maximum absolute atomic E-state index is 13.5. The number of nitrogens with zero attached hydrogens (tertiary/aromatic N) is 2. The van der Waals surface area contributed by atoms with Crippen molar-refractivity contribution in [3.63, 3.8) is 0 Å². The molecule has 8 heteroatoms. The minimum atomic E-state index is -0.486. The molecule has 0 radical (unpaired) electrons. The van der Waals surface area contributed by atoms with Crippen LogP contribution < -0.4 is 4.74 Å². The number of benzene rings is 1. The first-order valence-electron chi connectivity index (χ1n) is 11.2. The fraction of sp³-hybridized carbons (Fsp3) is 0.480. The zero-order chi connectivity index (χ0) is 24.1. The topological polar surface area (TPSA) is 87.1 Å². The average Bonchev–Trinajstić information content (AvgIpc) is 3.42. The molecule has 1 atom stereocenters. The lowest BCUT2D eigenvalue weighted by molar-refractivity contribution is 0.0506. The van der Waals surface area contributed by atoms with Crippen molar-refractivity contribution in [2.24, 2.45) is 0 Å². The van der Waals surface area contributed by atoms with E-state index in [1.165, 1.54) is 12.0 Å². The highest BCUT2D eigenvalue weighted by Gasteiger charge is 2.30. The van der Waals surface area contributed by atoms with Crippen LogP contribution in [0.15, 0.2) is 24.3 Å². The second kappa shape index (κ2) is 10.7. The molecule has 0 saturated carbocycles. The Morgan fingerprint density at radius 3 is 2.58 bits per heavy atom. The zero-order valence-electron chi connectivity index (χ0n) is 20.0. The summed E-state index contributed by atoms with van der Waals surface area (Å²) in [6.45, 7) is 6.83. The first-order chi connectivity index (χ1) is 15.8. The van der Waals surface area contributed by atoms with Gasteiger partial charge < -0.3 is 23.7 Å². The van der Waals surface area contributed by atoms with Gasteiger partial charge in [-0.3, -0.25) is 9.59 Å². The second-order valence-corrected chi connectivity index (χ2v) is 8.15. The minimum Gasteiger partial charge on any atom is -0.497 e. The highest BCUT2D eigenvalue weighted by atomic mass is 16.5. The maximum atomic E-state index is 13.5. The number of carbonyl (C=O) groups is 3. The van der Waals surface area contributed by atoms with Gasteiger partial charge in [0, 0.05) is 36.5 Å². The number of aromatic nitrogens is 1. The Bertz CT molecular complexity index is 1040. The highest BCUT2D eigenvalue weighted by Crippen LogP contribution is 2.25. The summed E-state index contributed by atoms with van der Waals surface area (Å²) >= 11 is 0. The Hall–Kier alpha value is -3.13. The summed E-state index contributed by atoms with van der Waals surface area (Å²) < 4.78 is 17.7. The van der Waals surface area contributed by atoms with Gasteiger partial charge in [0.2, 0.25) is 0 Å². The van der Waals surface area contributed by atoms with Crippen molar-refractivity contribution in [3.8, 4) is 5.75 Å².